The van der Waals surface area contributed by atoms with E-state index < -0.39 is 5.91 Å². The largest absolute Gasteiger partial charge is 0.376 e. The summed E-state index contributed by atoms with van der Waals surface area (Å²) in [4.78, 5) is 26.1. The van der Waals surface area contributed by atoms with Crippen LogP contribution < -0.4 is 10.9 Å². The van der Waals surface area contributed by atoms with E-state index in [9.17, 15) is 14.9 Å². The third kappa shape index (κ3) is 4.35. The highest BCUT2D eigenvalue weighted by atomic mass is 16.5. The maximum atomic E-state index is 13.1. The summed E-state index contributed by atoms with van der Waals surface area (Å²) in [6.07, 6.45) is 3.87. The van der Waals surface area contributed by atoms with Crippen LogP contribution in [0.2, 0.25) is 0 Å². The maximum Gasteiger partial charge on any atom is 0.295 e. The van der Waals surface area contributed by atoms with Crippen molar-refractivity contribution in [2.75, 3.05) is 11.9 Å². The van der Waals surface area contributed by atoms with Gasteiger partial charge in [-0.25, -0.2) is 4.68 Å². The summed E-state index contributed by atoms with van der Waals surface area (Å²) in [5.74, 6) is -0.613. The number of ether oxygens (including phenoxy) is 1. The molecule has 1 saturated heterocycles. The van der Waals surface area contributed by atoms with Crippen molar-refractivity contribution in [2.24, 2.45) is 7.05 Å². The minimum absolute atomic E-state index is 0.0636. The van der Waals surface area contributed by atoms with Crippen LogP contribution in [0.1, 0.15) is 35.5 Å². The first kappa shape index (κ1) is 23.3. The van der Waals surface area contributed by atoms with Gasteiger partial charge in [0.2, 0.25) is 0 Å². The fraction of sp³-hybridized carbons (Fsp3) is 0.346. The van der Waals surface area contributed by atoms with Gasteiger partial charge in [-0.05, 0) is 63.5 Å². The zero-order valence-corrected chi connectivity index (χ0v) is 20.0. The van der Waals surface area contributed by atoms with Crippen LogP contribution in [0, 0.1) is 32.1 Å². The summed E-state index contributed by atoms with van der Waals surface area (Å²) >= 11 is 0. The molecule has 0 bridgehead atoms. The summed E-state index contributed by atoms with van der Waals surface area (Å²) in [5.41, 5.74) is 3.83. The summed E-state index contributed by atoms with van der Waals surface area (Å²) in [6, 6.07) is 13.1. The van der Waals surface area contributed by atoms with E-state index in [2.05, 4.69) is 9.88 Å². The molecule has 1 atom stereocenters. The number of nitrogens with zero attached hydrogens (tertiary/aromatic N) is 4. The van der Waals surface area contributed by atoms with E-state index in [4.69, 9.17) is 4.74 Å². The van der Waals surface area contributed by atoms with Crippen LogP contribution in [0.4, 0.5) is 5.69 Å². The number of anilines is 1. The summed E-state index contributed by atoms with van der Waals surface area (Å²) in [6.45, 7) is 7.28. The van der Waals surface area contributed by atoms with Gasteiger partial charge in [0, 0.05) is 31.6 Å². The monoisotopic (exact) mass is 459 g/mol. The normalized spacial score (nSPS) is 16.0. The molecule has 3 heterocycles. The van der Waals surface area contributed by atoms with E-state index in [0.29, 0.717) is 11.4 Å². The number of hydrogen-bond acceptors (Lipinski definition) is 4. The SMILES string of the molecule is Cc1cc(/C=C(\C#N)C(=O)Nc2c(C)n(C)n(-c3ccccc3)c2=O)c(C)n1CC1CCCO1. The molecule has 1 aliphatic rings. The number of hydrogen-bond donors (Lipinski definition) is 1. The quantitative estimate of drug-likeness (QED) is 0.450. The average Bonchev–Trinajstić information content (AvgIpc) is 3.49. The lowest BCUT2D eigenvalue weighted by Crippen LogP contribution is -2.23. The molecule has 0 saturated carbocycles. The number of aromatic nitrogens is 3. The molecule has 34 heavy (non-hydrogen) atoms. The molecular weight excluding hydrogens is 430 g/mol. The van der Waals surface area contributed by atoms with E-state index in [-0.39, 0.29) is 22.9 Å². The molecule has 176 valence electrons. The molecule has 2 aromatic heterocycles. The molecular formula is C26H29N5O3. The van der Waals surface area contributed by atoms with E-state index >= 15 is 0 Å². The number of nitrogens with one attached hydrogen (secondary N) is 1. The minimum atomic E-state index is -0.613. The van der Waals surface area contributed by atoms with Gasteiger partial charge in [-0.1, -0.05) is 18.2 Å². The molecule has 1 aliphatic heterocycles. The highest BCUT2D eigenvalue weighted by Gasteiger charge is 2.22. The Morgan fingerprint density at radius 3 is 2.62 bits per heavy atom. The first-order valence-corrected chi connectivity index (χ1v) is 11.4. The van der Waals surface area contributed by atoms with Crippen LogP contribution in [-0.2, 0) is 23.1 Å². The molecule has 0 aliphatic carbocycles. The van der Waals surface area contributed by atoms with Gasteiger partial charge in [-0.3, -0.25) is 14.3 Å². The molecule has 4 rings (SSSR count). The van der Waals surface area contributed by atoms with Crippen molar-refractivity contribution in [1.29, 1.82) is 5.26 Å². The van der Waals surface area contributed by atoms with Gasteiger partial charge in [0.25, 0.3) is 11.5 Å². The molecule has 0 radical (unpaired) electrons. The van der Waals surface area contributed by atoms with Gasteiger partial charge >= 0.3 is 0 Å². The Morgan fingerprint density at radius 2 is 1.97 bits per heavy atom. The Balaban J connectivity index is 1.61. The van der Waals surface area contributed by atoms with Gasteiger partial charge in [0.05, 0.1) is 17.5 Å². The van der Waals surface area contributed by atoms with Crippen molar-refractivity contribution in [3.63, 3.8) is 0 Å². The van der Waals surface area contributed by atoms with Crippen LogP contribution in [0.25, 0.3) is 11.8 Å². The van der Waals surface area contributed by atoms with Gasteiger partial charge in [0.1, 0.15) is 17.3 Å². The number of nitriles is 1. The molecule has 3 aromatic rings. The lowest BCUT2D eigenvalue weighted by Gasteiger charge is -2.14. The van der Waals surface area contributed by atoms with Crippen molar-refractivity contribution in [3.05, 3.63) is 75.0 Å². The highest BCUT2D eigenvalue weighted by molar-refractivity contribution is 6.10. The molecule has 8 heteroatoms. The number of carbonyl (C=O) groups excluding carboxylic acids is 1. The topological polar surface area (TPSA) is 94.0 Å². The third-order valence-corrected chi connectivity index (χ3v) is 6.48. The van der Waals surface area contributed by atoms with Gasteiger partial charge in [0.15, 0.2) is 0 Å². The predicted octanol–water partition coefficient (Wildman–Crippen LogP) is 3.63. The van der Waals surface area contributed by atoms with Crippen LogP contribution in [0.3, 0.4) is 0 Å². The van der Waals surface area contributed by atoms with Crippen LogP contribution >= 0.6 is 0 Å². The number of benzene rings is 1. The summed E-state index contributed by atoms with van der Waals surface area (Å²) in [7, 11) is 1.75. The fourth-order valence-electron chi connectivity index (χ4n) is 4.44. The lowest BCUT2D eigenvalue weighted by molar-refractivity contribution is -0.112. The standard InChI is InChI=1S/C26H29N5O3/c1-17-13-20(18(2)30(17)16-23-11-8-12-34-23)14-21(15-27)25(32)28-24-19(3)29(4)31(26(24)33)22-9-6-5-7-10-22/h5-7,9-10,13-14,23H,8,11-12,16H2,1-4H3,(H,28,32)/b21-14+. The number of aryl methyl sites for hydroxylation is 1. The highest BCUT2D eigenvalue weighted by Crippen LogP contribution is 2.22. The number of para-hydroxylation sites is 1. The van der Waals surface area contributed by atoms with Crippen molar-refractivity contribution in [3.8, 4) is 11.8 Å². The molecule has 8 nitrogen and oxygen atoms in total. The number of carbonyl (C=O) groups is 1. The van der Waals surface area contributed by atoms with Crippen molar-refractivity contribution in [1.82, 2.24) is 13.9 Å². The van der Waals surface area contributed by atoms with Gasteiger partial charge in [-0.15, -0.1) is 0 Å². The fourth-order valence-corrected chi connectivity index (χ4v) is 4.44. The Morgan fingerprint density at radius 1 is 1.24 bits per heavy atom. The lowest BCUT2D eigenvalue weighted by atomic mass is 10.1. The second-order valence-electron chi connectivity index (χ2n) is 8.63. The Labute approximate surface area is 198 Å². The average molecular weight is 460 g/mol. The third-order valence-electron chi connectivity index (χ3n) is 6.48. The molecule has 1 amide bonds. The zero-order chi connectivity index (χ0) is 24.4. The first-order valence-electron chi connectivity index (χ1n) is 11.4. The Hall–Kier alpha value is -3.83. The Bertz CT molecular complexity index is 1350. The molecule has 1 aromatic carbocycles. The number of amides is 1. The summed E-state index contributed by atoms with van der Waals surface area (Å²) < 4.78 is 11.1. The van der Waals surface area contributed by atoms with Crippen molar-refractivity contribution >= 4 is 17.7 Å². The van der Waals surface area contributed by atoms with E-state index in [1.807, 2.05) is 56.3 Å². The molecule has 1 fully saturated rings. The molecule has 1 unspecified atom stereocenters. The second kappa shape index (κ2) is 9.57. The van der Waals surface area contributed by atoms with Crippen LogP contribution in [0.15, 0.2) is 46.8 Å². The van der Waals surface area contributed by atoms with Crippen molar-refractivity contribution in [2.45, 2.75) is 46.3 Å². The molecule has 0 spiro atoms. The maximum absolute atomic E-state index is 13.1. The first-order chi connectivity index (χ1) is 16.3. The van der Waals surface area contributed by atoms with Crippen molar-refractivity contribution < 1.29 is 9.53 Å². The second-order valence-corrected chi connectivity index (χ2v) is 8.63. The minimum Gasteiger partial charge on any atom is -0.376 e. The number of rotatable bonds is 6. The smallest absolute Gasteiger partial charge is 0.295 e. The van der Waals surface area contributed by atoms with E-state index in [1.165, 1.54) is 4.68 Å². The zero-order valence-electron chi connectivity index (χ0n) is 20.0. The van der Waals surface area contributed by atoms with Gasteiger partial charge < -0.3 is 14.6 Å². The van der Waals surface area contributed by atoms with E-state index in [1.54, 1.807) is 24.7 Å². The van der Waals surface area contributed by atoms with Gasteiger partial charge in [-0.2, -0.15) is 5.26 Å². The predicted molar refractivity (Wildman–Crippen MR) is 131 cm³/mol. The Kier molecular flexibility index (Phi) is 6.57. The molecule has 1 N–H and O–H groups in total. The van der Waals surface area contributed by atoms with E-state index in [0.717, 1.165) is 42.9 Å². The van der Waals surface area contributed by atoms with Crippen LogP contribution in [0.5, 0.6) is 0 Å². The van der Waals surface area contributed by atoms with Crippen LogP contribution in [-0.4, -0.2) is 32.5 Å². The summed E-state index contributed by atoms with van der Waals surface area (Å²) in [5, 5.41) is 12.4.